The molecular formula is C14H11F2N3O4. The van der Waals surface area contributed by atoms with Gasteiger partial charge in [-0.05, 0) is 18.2 Å². The second-order valence-electron chi connectivity index (χ2n) is 4.29. The fourth-order valence-corrected chi connectivity index (χ4v) is 1.74. The van der Waals surface area contributed by atoms with Gasteiger partial charge in [0.05, 0.1) is 4.92 Å². The van der Waals surface area contributed by atoms with Crippen molar-refractivity contribution in [2.24, 2.45) is 0 Å². The molecule has 2 aromatic rings. The molecule has 0 aliphatic rings. The quantitative estimate of drug-likeness (QED) is 0.646. The van der Waals surface area contributed by atoms with Gasteiger partial charge in [0.2, 0.25) is 0 Å². The van der Waals surface area contributed by atoms with Gasteiger partial charge in [0, 0.05) is 29.6 Å². The van der Waals surface area contributed by atoms with Gasteiger partial charge in [-0.15, -0.1) is 0 Å². The van der Waals surface area contributed by atoms with Crippen molar-refractivity contribution in [2.45, 2.75) is 6.61 Å². The van der Waals surface area contributed by atoms with Crippen molar-refractivity contribution in [1.82, 2.24) is 0 Å². The highest BCUT2D eigenvalue weighted by Gasteiger charge is 2.09. The lowest BCUT2D eigenvalue weighted by molar-refractivity contribution is -0.384. The van der Waals surface area contributed by atoms with Crippen LogP contribution in [0.2, 0.25) is 0 Å². The summed E-state index contributed by atoms with van der Waals surface area (Å²) in [6.07, 6.45) is 0. The Morgan fingerprint density at radius 1 is 1.09 bits per heavy atom. The third-order valence-corrected chi connectivity index (χ3v) is 2.63. The maximum absolute atomic E-state index is 12.1. The summed E-state index contributed by atoms with van der Waals surface area (Å²) in [6.45, 7) is -2.97. The summed E-state index contributed by atoms with van der Waals surface area (Å²) in [6, 6.07) is 10.1. The predicted octanol–water partition coefficient (Wildman–Crippen LogP) is 3.84. The number of nitrogens with zero attached hydrogens (tertiary/aromatic N) is 1. The van der Waals surface area contributed by atoms with E-state index in [1.54, 1.807) is 0 Å². The van der Waals surface area contributed by atoms with Crippen molar-refractivity contribution in [2.75, 3.05) is 10.6 Å². The second kappa shape index (κ2) is 7.16. The number of benzene rings is 2. The number of anilines is 2. The Bertz CT molecular complexity index is 725. The summed E-state index contributed by atoms with van der Waals surface area (Å²) in [5, 5.41) is 15.5. The number of halogens is 2. The fourth-order valence-electron chi connectivity index (χ4n) is 1.74. The Morgan fingerprint density at radius 3 is 2.30 bits per heavy atom. The van der Waals surface area contributed by atoms with Crippen molar-refractivity contribution in [3.8, 4) is 5.75 Å². The monoisotopic (exact) mass is 323 g/mol. The Hall–Kier alpha value is -3.23. The van der Waals surface area contributed by atoms with Gasteiger partial charge in [-0.3, -0.25) is 10.1 Å². The van der Waals surface area contributed by atoms with Crippen LogP contribution in [0.5, 0.6) is 5.75 Å². The standard InChI is InChI=1S/C14H11F2N3O4/c15-13(16)23-12-6-2-4-10(8-12)18-14(20)17-9-3-1-5-11(7-9)19(21)22/h1-8,13H,(H2,17,18,20). The van der Waals surface area contributed by atoms with E-state index in [1.807, 2.05) is 0 Å². The Kier molecular flexibility index (Phi) is 5.03. The molecule has 0 saturated carbocycles. The van der Waals surface area contributed by atoms with Gasteiger partial charge in [0.15, 0.2) is 0 Å². The summed E-state index contributed by atoms with van der Waals surface area (Å²) in [4.78, 5) is 21.9. The molecule has 7 nitrogen and oxygen atoms in total. The van der Waals surface area contributed by atoms with E-state index < -0.39 is 17.6 Å². The molecule has 2 amide bonds. The van der Waals surface area contributed by atoms with Gasteiger partial charge in [-0.1, -0.05) is 12.1 Å². The molecule has 0 spiro atoms. The number of non-ortho nitro benzene ring substituents is 1. The van der Waals surface area contributed by atoms with Crippen molar-refractivity contribution in [1.29, 1.82) is 0 Å². The van der Waals surface area contributed by atoms with E-state index >= 15 is 0 Å². The van der Waals surface area contributed by atoms with Gasteiger partial charge in [-0.25, -0.2) is 4.79 Å². The highest BCUT2D eigenvalue weighted by Crippen LogP contribution is 2.20. The van der Waals surface area contributed by atoms with Gasteiger partial charge >= 0.3 is 12.6 Å². The van der Waals surface area contributed by atoms with Crippen LogP contribution in [0, 0.1) is 10.1 Å². The molecule has 0 heterocycles. The van der Waals surface area contributed by atoms with E-state index in [2.05, 4.69) is 15.4 Å². The maximum Gasteiger partial charge on any atom is 0.387 e. The van der Waals surface area contributed by atoms with Crippen LogP contribution in [0.3, 0.4) is 0 Å². The first-order valence-electron chi connectivity index (χ1n) is 6.31. The molecule has 0 aliphatic carbocycles. The normalized spacial score (nSPS) is 10.2. The van der Waals surface area contributed by atoms with Gasteiger partial charge in [0.1, 0.15) is 5.75 Å². The summed E-state index contributed by atoms with van der Waals surface area (Å²) >= 11 is 0. The van der Waals surface area contributed by atoms with Crippen LogP contribution in [0.25, 0.3) is 0 Å². The second-order valence-corrected chi connectivity index (χ2v) is 4.29. The maximum atomic E-state index is 12.1. The number of rotatable bonds is 5. The van der Waals surface area contributed by atoms with E-state index in [4.69, 9.17) is 0 Å². The molecule has 0 unspecified atom stereocenters. The Morgan fingerprint density at radius 2 is 1.70 bits per heavy atom. The van der Waals surface area contributed by atoms with Crippen LogP contribution in [0.4, 0.5) is 30.6 Å². The SMILES string of the molecule is O=C(Nc1cccc(OC(F)F)c1)Nc1cccc([N+](=O)[O-])c1. The van der Waals surface area contributed by atoms with Crippen LogP contribution >= 0.6 is 0 Å². The number of ether oxygens (including phenoxy) is 1. The van der Waals surface area contributed by atoms with E-state index in [-0.39, 0.29) is 22.8 Å². The average Bonchev–Trinajstić information content (AvgIpc) is 2.47. The Labute approximate surface area is 129 Å². The van der Waals surface area contributed by atoms with E-state index in [1.165, 1.54) is 48.5 Å². The van der Waals surface area contributed by atoms with Crippen LogP contribution in [0.1, 0.15) is 0 Å². The lowest BCUT2D eigenvalue weighted by Crippen LogP contribution is -2.19. The molecule has 0 aromatic heterocycles. The van der Waals surface area contributed by atoms with Crippen molar-refractivity contribution >= 4 is 23.1 Å². The van der Waals surface area contributed by atoms with Gasteiger partial charge in [-0.2, -0.15) is 8.78 Å². The molecule has 120 valence electrons. The lowest BCUT2D eigenvalue weighted by Gasteiger charge is -2.09. The zero-order valence-corrected chi connectivity index (χ0v) is 11.5. The molecule has 2 aromatic carbocycles. The first kappa shape index (κ1) is 16.1. The molecule has 0 atom stereocenters. The first-order chi connectivity index (χ1) is 10.9. The minimum Gasteiger partial charge on any atom is -0.435 e. The molecule has 2 N–H and O–H groups in total. The number of hydrogen-bond donors (Lipinski definition) is 2. The molecule has 0 bridgehead atoms. The van der Waals surface area contributed by atoms with Crippen molar-refractivity contribution < 1.29 is 23.2 Å². The largest absolute Gasteiger partial charge is 0.435 e. The summed E-state index contributed by atoms with van der Waals surface area (Å²) in [5.41, 5.74) is 0.276. The number of nitrogens with one attached hydrogen (secondary N) is 2. The highest BCUT2D eigenvalue weighted by atomic mass is 19.3. The molecule has 9 heteroatoms. The molecule has 0 saturated heterocycles. The zero-order valence-electron chi connectivity index (χ0n) is 11.5. The molecule has 2 rings (SSSR count). The summed E-state index contributed by atoms with van der Waals surface area (Å²) in [7, 11) is 0. The third kappa shape index (κ3) is 4.92. The van der Waals surface area contributed by atoms with E-state index in [0.29, 0.717) is 0 Å². The number of amides is 2. The third-order valence-electron chi connectivity index (χ3n) is 2.63. The van der Waals surface area contributed by atoms with Crippen molar-refractivity contribution in [3.05, 3.63) is 58.6 Å². The topological polar surface area (TPSA) is 93.5 Å². The number of urea groups is 1. The first-order valence-corrected chi connectivity index (χ1v) is 6.31. The number of nitro benzene ring substituents is 1. The van der Waals surface area contributed by atoms with Crippen LogP contribution in [-0.2, 0) is 0 Å². The number of nitro groups is 1. The van der Waals surface area contributed by atoms with Gasteiger partial charge in [0.25, 0.3) is 5.69 Å². The summed E-state index contributed by atoms with van der Waals surface area (Å²) in [5.74, 6) is -0.104. The number of alkyl halides is 2. The minimum atomic E-state index is -2.97. The van der Waals surface area contributed by atoms with Crippen LogP contribution < -0.4 is 15.4 Å². The van der Waals surface area contributed by atoms with E-state index in [9.17, 15) is 23.7 Å². The number of carbonyl (C=O) groups excluding carboxylic acids is 1. The van der Waals surface area contributed by atoms with E-state index in [0.717, 1.165) is 0 Å². The van der Waals surface area contributed by atoms with Crippen molar-refractivity contribution in [3.63, 3.8) is 0 Å². The lowest BCUT2D eigenvalue weighted by atomic mass is 10.3. The summed E-state index contributed by atoms with van der Waals surface area (Å²) < 4.78 is 28.5. The highest BCUT2D eigenvalue weighted by molar-refractivity contribution is 6.00. The Balaban J connectivity index is 2.02. The smallest absolute Gasteiger partial charge is 0.387 e. The molecular weight excluding hydrogens is 312 g/mol. The van der Waals surface area contributed by atoms with Crippen LogP contribution in [-0.4, -0.2) is 17.6 Å². The van der Waals surface area contributed by atoms with Crippen LogP contribution in [0.15, 0.2) is 48.5 Å². The zero-order chi connectivity index (χ0) is 16.8. The predicted molar refractivity (Wildman–Crippen MR) is 78.8 cm³/mol. The van der Waals surface area contributed by atoms with Gasteiger partial charge < -0.3 is 15.4 Å². The molecule has 23 heavy (non-hydrogen) atoms. The molecule has 0 fully saturated rings. The molecule has 0 radical (unpaired) electrons. The minimum absolute atomic E-state index is 0.104. The average molecular weight is 323 g/mol. The number of carbonyl (C=O) groups is 1. The molecule has 0 aliphatic heterocycles. The number of hydrogen-bond acceptors (Lipinski definition) is 4. The fraction of sp³-hybridized carbons (Fsp3) is 0.0714.